The molecule has 0 aliphatic rings. The molecule has 1 aromatic rings. The van der Waals surface area contributed by atoms with Crippen molar-refractivity contribution in [3.05, 3.63) is 22.9 Å². The summed E-state index contributed by atoms with van der Waals surface area (Å²) in [5.74, 6) is 0.120. The van der Waals surface area contributed by atoms with E-state index in [9.17, 15) is 0 Å². The van der Waals surface area contributed by atoms with Crippen LogP contribution < -0.4 is 5.73 Å². The highest BCUT2D eigenvalue weighted by atomic mass is 35.5. The van der Waals surface area contributed by atoms with Gasteiger partial charge in [-0.25, -0.2) is 14.8 Å². The minimum Gasteiger partial charge on any atom is -0.392 e. The molecular formula is C5H3ClN4. The topological polar surface area (TPSA) is 56.2 Å². The maximum atomic E-state index is 6.61. The van der Waals surface area contributed by atoms with Gasteiger partial charge < -0.3 is 5.73 Å². The molecule has 0 spiro atoms. The predicted octanol–water partition coefficient (Wildman–Crippen LogP) is 1.26. The summed E-state index contributed by atoms with van der Waals surface area (Å²) >= 11 is 5.48. The number of hydrogen-bond acceptors (Lipinski definition) is 3. The number of hydrogen-bond donors (Lipinski definition) is 1. The lowest BCUT2D eigenvalue weighted by atomic mass is 10.5. The van der Waals surface area contributed by atoms with Gasteiger partial charge in [-0.05, 0) is 0 Å². The van der Waals surface area contributed by atoms with E-state index >= 15 is 0 Å². The number of halogens is 1. The number of nitrogens with two attached hydrogens (primary N) is 1. The number of anilines is 1. The molecule has 0 bridgehead atoms. The molecule has 0 saturated carbocycles. The second-order valence-corrected chi connectivity index (χ2v) is 1.87. The van der Waals surface area contributed by atoms with Crippen LogP contribution in [0.3, 0.4) is 0 Å². The molecule has 0 saturated heterocycles. The summed E-state index contributed by atoms with van der Waals surface area (Å²) in [5.41, 5.74) is 5.40. The average Bonchev–Trinajstić information content (AvgIpc) is 1.88. The zero-order valence-electron chi connectivity index (χ0n) is 4.87. The monoisotopic (exact) mass is 154 g/mol. The Labute approximate surface area is 62.5 Å². The lowest BCUT2D eigenvalue weighted by molar-refractivity contribution is 1.19. The highest BCUT2D eigenvalue weighted by molar-refractivity contribution is 6.32. The molecule has 0 aliphatic heterocycles. The maximum Gasteiger partial charge on any atom is 0.264 e. The highest BCUT2D eigenvalue weighted by Crippen LogP contribution is 2.26. The third-order valence-corrected chi connectivity index (χ3v) is 1.19. The first-order valence-electron chi connectivity index (χ1n) is 2.39. The van der Waals surface area contributed by atoms with Crippen LogP contribution in [0.2, 0.25) is 5.15 Å². The molecule has 4 nitrogen and oxygen atoms in total. The molecule has 0 aromatic carbocycles. The second-order valence-electron chi connectivity index (χ2n) is 1.51. The molecular weight excluding hydrogens is 152 g/mol. The van der Waals surface area contributed by atoms with E-state index in [0.717, 1.165) is 0 Å². The van der Waals surface area contributed by atoms with E-state index in [1.165, 1.54) is 6.33 Å². The number of nitrogen functional groups attached to an aromatic ring is 1. The van der Waals surface area contributed by atoms with E-state index in [1.807, 2.05) is 0 Å². The van der Waals surface area contributed by atoms with Crippen molar-refractivity contribution in [3.63, 3.8) is 0 Å². The lowest BCUT2D eigenvalue weighted by Crippen LogP contribution is -1.90. The number of rotatable bonds is 0. The molecule has 0 fully saturated rings. The highest BCUT2D eigenvalue weighted by Gasteiger charge is 2.04. The first-order chi connectivity index (χ1) is 4.75. The molecule has 50 valence electrons. The maximum absolute atomic E-state index is 6.61. The third-order valence-electron chi connectivity index (χ3n) is 0.918. The van der Waals surface area contributed by atoms with Gasteiger partial charge in [-0.15, -0.1) is 0 Å². The summed E-state index contributed by atoms with van der Waals surface area (Å²) < 4.78 is 0. The Bertz CT molecular complexity index is 270. The van der Waals surface area contributed by atoms with Crippen LogP contribution in [0.4, 0.5) is 11.5 Å². The summed E-state index contributed by atoms with van der Waals surface area (Å²) in [6, 6.07) is 0. The van der Waals surface area contributed by atoms with Crippen molar-refractivity contribution in [2.75, 3.05) is 5.73 Å². The summed E-state index contributed by atoms with van der Waals surface area (Å²) in [4.78, 5) is 10.2. The van der Waals surface area contributed by atoms with Crippen LogP contribution in [0.1, 0.15) is 0 Å². The zero-order chi connectivity index (χ0) is 7.56. The minimum absolute atomic E-state index is 0.0995. The molecule has 0 atom stereocenters. The van der Waals surface area contributed by atoms with Gasteiger partial charge in [0.1, 0.15) is 17.3 Å². The standard InChI is InChI=1S/C5H3ClN4/c1-8-3-4(6)9-2-10-5(3)7/h2H,(H2,7,9,10). The Morgan fingerprint density at radius 2 is 2.30 bits per heavy atom. The SMILES string of the molecule is [C-]#[N+]c1c(N)ncnc1Cl. The van der Waals surface area contributed by atoms with Crippen LogP contribution in [0.5, 0.6) is 0 Å². The number of aromatic nitrogens is 2. The molecule has 2 N–H and O–H groups in total. The van der Waals surface area contributed by atoms with E-state index in [4.69, 9.17) is 23.9 Å². The van der Waals surface area contributed by atoms with Crippen molar-refractivity contribution in [2.45, 2.75) is 0 Å². The summed E-state index contributed by atoms with van der Waals surface area (Å²) in [5, 5.41) is 0.0995. The zero-order valence-corrected chi connectivity index (χ0v) is 5.63. The van der Waals surface area contributed by atoms with E-state index < -0.39 is 0 Å². The van der Waals surface area contributed by atoms with Gasteiger partial charge in [0.2, 0.25) is 0 Å². The Hall–Kier alpha value is -1.34. The van der Waals surface area contributed by atoms with Crippen LogP contribution in [0.25, 0.3) is 4.85 Å². The van der Waals surface area contributed by atoms with Gasteiger partial charge in [0.25, 0.3) is 5.69 Å². The normalized spacial score (nSPS) is 8.80. The van der Waals surface area contributed by atoms with Crippen LogP contribution in [-0.4, -0.2) is 9.97 Å². The molecule has 0 amide bonds. The lowest BCUT2D eigenvalue weighted by Gasteiger charge is -1.94. The van der Waals surface area contributed by atoms with Crippen LogP contribution in [-0.2, 0) is 0 Å². The minimum atomic E-state index is 0.0995. The van der Waals surface area contributed by atoms with Crippen molar-refractivity contribution in [1.29, 1.82) is 0 Å². The third kappa shape index (κ3) is 0.993. The van der Waals surface area contributed by atoms with Gasteiger partial charge in [0.15, 0.2) is 0 Å². The average molecular weight is 155 g/mol. The van der Waals surface area contributed by atoms with Gasteiger partial charge in [-0.3, -0.25) is 0 Å². The Morgan fingerprint density at radius 3 is 2.70 bits per heavy atom. The molecule has 1 rings (SSSR count). The fourth-order valence-corrected chi connectivity index (χ4v) is 0.656. The fourth-order valence-electron chi connectivity index (χ4n) is 0.473. The van der Waals surface area contributed by atoms with Gasteiger partial charge in [-0.1, -0.05) is 11.6 Å². The van der Waals surface area contributed by atoms with Crippen molar-refractivity contribution in [3.8, 4) is 0 Å². The van der Waals surface area contributed by atoms with Crippen LogP contribution in [0, 0.1) is 6.57 Å². The van der Waals surface area contributed by atoms with Crippen molar-refractivity contribution in [2.24, 2.45) is 0 Å². The quantitative estimate of drug-likeness (QED) is 0.452. The largest absolute Gasteiger partial charge is 0.392 e. The van der Waals surface area contributed by atoms with E-state index in [0.29, 0.717) is 0 Å². The predicted molar refractivity (Wildman–Crippen MR) is 37.7 cm³/mol. The summed E-state index contributed by atoms with van der Waals surface area (Å²) in [6.07, 6.45) is 1.21. The molecule has 10 heavy (non-hydrogen) atoms. The first-order valence-corrected chi connectivity index (χ1v) is 2.77. The van der Waals surface area contributed by atoms with Gasteiger partial charge in [-0.2, -0.15) is 0 Å². The van der Waals surface area contributed by atoms with Crippen LogP contribution in [0.15, 0.2) is 6.33 Å². The van der Waals surface area contributed by atoms with Crippen molar-refractivity contribution >= 4 is 23.1 Å². The molecule has 1 heterocycles. The Kier molecular flexibility index (Phi) is 1.69. The van der Waals surface area contributed by atoms with Crippen molar-refractivity contribution < 1.29 is 0 Å². The molecule has 0 aliphatic carbocycles. The van der Waals surface area contributed by atoms with E-state index in [-0.39, 0.29) is 16.7 Å². The summed E-state index contributed by atoms with van der Waals surface area (Å²) in [7, 11) is 0. The summed E-state index contributed by atoms with van der Waals surface area (Å²) in [6.45, 7) is 6.61. The molecule has 0 radical (unpaired) electrons. The number of nitrogens with zero attached hydrogens (tertiary/aromatic N) is 3. The van der Waals surface area contributed by atoms with Gasteiger partial charge in [0.05, 0.1) is 6.57 Å². The van der Waals surface area contributed by atoms with Gasteiger partial charge >= 0.3 is 0 Å². The van der Waals surface area contributed by atoms with Crippen molar-refractivity contribution in [1.82, 2.24) is 9.97 Å². The van der Waals surface area contributed by atoms with E-state index in [2.05, 4.69) is 14.8 Å². The Morgan fingerprint density at radius 1 is 1.60 bits per heavy atom. The first kappa shape index (κ1) is 6.78. The second kappa shape index (κ2) is 2.50. The van der Waals surface area contributed by atoms with Crippen LogP contribution >= 0.6 is 11.6 Å². The van der Waals surface area contributed by atoms with E-state index in [1.54, 1.807) is 0 Å². The fraction of sp³-hybridized carbons (Fsp3) is 0. The smallest absolute Gasteiger partial charge is 0.264 e. The Balaban J connectivity index is 3.34. The van der Waals surface area contributed by atoms with Gasteiger partial charge in [0, 0.05) is 0 Å². The molecule has 1 aromatic heterocycles. The molecule has 0 unspecified atom stereocenters. The molecule has 5 heteroatoms.